The van der Waals surface area contributed by atoms with Gasteiger partial charge in [-0.2, -0.15) is 5.69 Å². The molecule has 0 fully saturated rings. The summed E-state index contributed by atoms with van der Waals surface area (Å²) >= 11 is 5.13. The molecule has 0 amide bonds. The van der Waals surface area contributed by atoms with Gasteiger partial charge in [-0.15, -0.1) is 23.2 Å². The van der Waals surface area contributed by atoms with Gasteiger partial charge in [0.1, 0.15) is 5.44 Å². The van der Waals surface area contributed by atoms with E-state index in [9.17, 15) is 9.79 Å². The van der Waals surface area contributed by atoms with E-state index in [2.05, 4.69) is 25.7 Å². The molecule has 0 heterocycles. The van der Waals surface area contributed by atoms with Crippen LogP contribution in [0.3, 0.4) is 0 Å². The van der Waals surface area contributed by atoms with Crippen LogP contribution < -0.4 is 9.79 Å². The van der Waals surface area contributed by atoms with Crippen LogP contribution in [0.5, 0.6) is 0 Å². The standard InChI is InChI=1S/C9H21O3PS2.Zn/c1-5-8(4)6-12-9(7(2)3)15-13(10,11)14;/h7-9H,5-6H2,1-4H3,(H2,10,11,14);/q;+2/p-2. The number of hydrogen-bond donors (Lipinski definition) is 0. The first-order valence-corrected chi connectivity index (χ1v) is 9.20. The third-order valence-electron chi connectivity index (χ3n) is 2.02. The van der Waals surface area contributed by atoms with E-state index < -0.39 is 5.69 Å². The second kappa shape index (κ2) is 9.44. The summed E-state index contributed by atoms with van der Waals surface area (Å²) in [5, 5.41) is 0. The van der Waals surface area contributed by atoms with E-state index >= 15 is 0 Å². The zero-order valence-electron chi connectivity index (χ0n) is 10.3. The Labute approximate surface area is 120 Å². The average molecular weight is 336 g/mol. The molecule has 0 aliphatic carbocycles. The third kappa shape index (κ3) is 10.6. The Balaban J connectivity index is 0. The minimum absolute atomic E-state index is 0. The Morgan fingerprint density at radius 2 is 1.81 bits per heavy atom. The van der Waals surface area contributed by atoms with Crippen LogP contribution in [0.1, 0.15) is 34.1 Å². The summed E-state index contributed by atoms with van der Waals surface area (Å²) in [6.07, 6.45) is 1.03. The summed E-state index contributed by atoms with van der Waals surface area (Å²) in [4.78, 5) is 22.0. The van der Waals surface area contributed by atoms with E-state index in [1.54, 1.807) is 0 Å². The quantitative estimate of drug-likeness (QED) is 0.403. The van der Waals surface area contributed by atoms with Crippen molar-refractivity contribution in [2.75, 3.05) is 6.61 Å². The molecule has 0 bridgehead atoms. The molecular formula is C9H19O3PS2Zn. The van der Waals surface area contributed by atoms with Crippen LogP contribution in [0.25, 0.3) is 0 Å². The van der Waals surface area contributed by atoms with Crippen LogP contribution in [-0.4, -0.2) is 12.0 Å². The molecule has 16 heavy (non-hydrogen) atoms. The fourth-order valence-corrected chi connectivity index (χ4v) is 3.93. The summed E-state index contributed by atoms with van der Waals surface area (Å²) < 4.78 is 5.56. The van der Waals surface area contributed by atoms with Gasteiger partial charge in [-0.05, 0) is 11.8 Å². The number of rotatable bonds is 7. The molecule has 2 atom stereocenters. The van der Waals surface area contributed by atoms with Crippen molar-refractivity contribution in [2.24, 2.45) is 11.8 Å². The molecule has 2 unspecified atom stereocenters. The van der Waals surface area contributed by atoms with Gasteiger partial charge in [-0.1, -0.05) is 34.1 Å². The van der Waals surface area contributed by atoms with Gasteiger partial charge in [0.05, 0.1) is 6.61 Å². The third-order valence-corrected chi connectivity index (χ3v) is 5.34. The van der Waals surface area contributed by atoms with Gasteiger partial charge in [0, 0.05) is 0 Å². The summed E-state index contributed by atoms with van der Waals surface area (Å²) in [7, 11) is 0. The van der Waals surface area contributed by atoms with Crippen molar-refractivity contribution >= 4 is 28.9 Å². The Morgan fingerprint density at radius 1 is 1.31 bits per heavy atom. The largest absolute Gasteiger partial charge is 2.00 e. The average Bonchev–Trinajstić information content (AvgIpc) is 2.09. The minimum Gasteiger partial charge on any atom is -0.825 e. The first-order valence-electron chi connectivity index (χ1n) is 5.08. The maximum absolute atomic E-state index is 11.0. The topological polar surface area (TPSA) is 55.3 Å². The van der Waals surface area contributed by atoms with Gasteiger partial charge in [0.15, 0.2) is 0 Å². The zero-order chi connectivity index (χ0) is 12.1. The zero-order valence-corrected chi connectivity index (χ0v) is 15.8. The van der Waals surface area contributed by atoms with Crippen molar-refractivity contribution in [1.29, 1.82) is 0 Å². The molecule has 0 saturated heterocycles. The van der Waals surface area contributed by atoms with Gasteiger partial charge in [-0.25, -0.2) is 0 Å². The van der Waals surface area contributed by atoms with Crippen molar-refractivity contribution in [3.63, 3.8) is 0 Å². The molecule has 0 aromatic heterocycles. The molecule has 0 saturated carbocycles. The molecule has 0 aliphatic heterocycles. The SMILES string of the molecule is CCC(C)COC(SP([O-])([O-])=S)C(C)C.[Zn+2]. The Morgan fingerprint density at radius 3 is 2.12 bits per heavy atom. The Kier molecular flexibility index (Phi) is 11.7. The molecule has 0 radical (unpaired) electrons. The van der Waals surface area contributed by atoms with Crippen LogP contribution in [0, 0.1) is 11.8 Å². The molecule has 0 aliphatic rings. The van der Waals surface area contributed by atoms with E-state index in [1.165, 1.54) is 0 Å². The second-order valence-corrected chi connectivity index (χ2v) is 9.79. The summed E-state index contributed by atoms with van der Waals surface area (Å²) in [6, 6.07) is 0. The van der Waals surface area contributed by atoms with Crippen LogP contribution in [-0.2, 0) is 36.0 Å². The van der Waals surface area contributed by atoms with Crippen LogP contribution in [0.4, 0.5) is 0 Å². The van der Waals surface area contributed by atoms with Crippen molar-refractivity contribution in [3.05, 3.63) is 0 Å². The first-order chi connectivity index (χ1) is 6.76. The minimum atomic E-state index is -3.72. The van der Waals surface area contributed by atoms with E-state index in [1.807, 2.05) is 13.8 Å². The molecule has 0 N–H and O–H groups in total. The van der Waals surface area contributed by atoms with E-state index in [0.717, 1.165) is 17.8 Å². The van der Waals surface area contributed by atoms with Gasteiger partial charge in [0.25, 0.3) is 0 Å². The van der Waals surface area contributed by atoms with E-state index in [0.29, 0.717) is 12.5 Å². The Hall–Kier alpha value is 1.50. The molecule has 0 aromatic rings. The Bertz CT molecular complexity index is 223. The number of ether oxygens (including phenoxy) is 1. The van der Waals surface area contributed by atoms with Gasteiger partial charge in [0.2, 0.25) is 0 Å². The molecule has 0 rings (SSSR count). The van der Waals surface area contributed by atoms with Crippen molar-refractivity contribution in [1.82, 2.24) is 0 Å². The van der Waals surface area contributed by atoms with Crippen molar-refractivity contribution in [2.45, 2.75) is 39.6 Å². The van der Waals surface area contributed by atoms with Gasteiger partial charge >= 0.3 is 19.5 Å². The fourth-order valence-electron chi connectivity index (χ4n) is 0.849. The normalized spacial score (nSPS) is 15.7. The summed E-state index contributed by atoms with van der Waals surface area (Å²) in [6.45, 7) is 8.60. The molecular weight excluding hydrogens is 317 g/mol. The smallest absolute Gasteiger partial charge is 0.825 e. The van der Waals surface area contributed by atoms with Crippen molar-refractivity contribution < 1.29 is 34.0 Å². The predicted octanol–water partition coefficient (Wildman–Crippen LogP) is 1.71. The van der Waals surface area contributed by atoms with Crippen LogP contribution in [0.2, 0.25) is 0 Å². The summed E-state index contributed by atoms with van der Waals surface area (Å²) in [5.41, 5.74) is -4.07. The van der Waals surface area contributed by atoms with Gasteiger partial charge in [-0.3, -0.25) is 0 Å². The fraction of sp³-hybridized carbons (Fsp3) is 1.00. The molecule has 7 heteroatoms. The van der Waals surface area contributed by atoms with Crippen molar-refractivity contribution in [3.8, 4) is 0 Å². The molecule has 3 nitrogen and oxygen atoms in total. The number of hydrogen-bond acceptors (Lipinski definition) is 5. The van der Waals surface area contributed by atoms with Crippen LogP contribution >= 0.6 is 17.1 Å². The maximum Gasteiger partial charge on any atom is 2.00 e. The first kappa shape index (κ1) is 19.8. The predicted molar refractivity (Wildman–Crippen MR) is 65.9 cm³/mol. The van der Waals surface area contributed by atoms with E-state index in [-0.39, 0.29) is 30.8 Å². The molecule has 92 valence electrons. The second-order valence-electron chi connectivity index (χ2n) is 4.01. The molecule has 0 spiro atoms. The van der Waals surface area contributed by atoms with E-state index in [4.69, 9.17) is 4.74 Å². The summed E-state index contributed by atoms with van der Waals surface area (Å²) in [5.74, 6) is 0.590. The maximum atomic E-state index is 11.0. The van der Waals surface area contributed by atoms with Gasteiger partial charge < -0.3 is 14.5 Å². The monoisotopic (exact) mass is 334 g/mol. The van der Waals surface area contributed by atoms with Crippen LogP contribution in [0.15, 0.2) is 0 Å². The molecule has 0 aromatic carbocycles.